The van der Waals surface area contributed by atoms with Gasteiger partial charge in [0, 0.05) is 16.9 Å². The number of anilines is 3. The van der Waals surface area contributed by atoms with Crippen LogP contribution in [0.3, 0.4) is 0 Å². The Morgan fingerprint density at radius 2 is 1.72 bits per heavy atom. The molecule has 3 rings (SSSR count). The maximum absolute atomic E-state index is 12.9. The van der Waals surface area contributed by atoms with E-state index in [0.717, 1.165) is 0 Å². The molecule has 1 aromatic heterocycles. The highest BCUT2D eigenvalue weighted by Gasteiger charge is 2.09. The van der Waals surface area contributed by atoms with Crippen LogP contribution in [0.15, 0.2) is 60.9 Å². The van der Waals surface area contributed by atoms with E-state index in [1.807, 2.05) is 0 Å². The van der Waals surface area contributed by atoms with Crippen LogP contribution in [0, 0.1) is 5.82 Å². The molecule has 0 atom stereocenters. The average molecular weight is 376 g/mol. The van der Waals surface area contributed by atoms with Crippen molar-refractivity contribution in [3.8, 4) is 0 Å². The van der Waals surface area contributed by atoms with Crippen molar-refractivity contribution < 1.29 is 9.18 Å². The molecule has 3 aromatic rings. The minimum atomic E-state index is -0.371. The molecule has 0 radical (unpaired) electrons. The normalized spacial score (nSPS) is 10.4. The van der Waals surface area contributed by atoms with E-state index in [4.69, 9.17) is 23.2 Å². The minimum absolute atomic E-state index is 0.340. The SMILES string of the molecule is O=C(Nc1ccc(F)cc1)c1cncc(Nc2cc(Cl)ccc2Cl)c1. The summed E-state index contributed by atoms with van der Waals surface area (Å²) in [5.41, 5.74) is 2.01. The monoisotopic (exact) mass is 375 g/mol. The molecular weight excluding hydrogens is 364 g/mol. The van der Waals surface area contributed by atoms with Crippen molar-refractivity contribution in [1.29, 1.82) is 0 Å². The molecule has 0 saturated carbocycles. The van der Waals surface area contributed by atoms with Gasteiger partial charge < -0.3 is 10.6 Å². The van der Waals surface area contributed by atoms with Gasteiger partial charge in [0.15, 0.2) is 0 Å². The topological polar surface area (TPSA) is 54.0 Å². The predicted molar refractivity (Wildman–Crippen MR) is 98.3 cm³/mol. The van der Waals surface area contributed by atoms with Gasteiger partial charge in [-0.15, -0.1) is 0 Å². The summed E-state index contributed by atoms with van der Waals surface area (Å²) < 4.78 is 12.9. The number of carbonyl (C=O) groups is 1. The smallest absolute Gasteiger partial charge is 0.257 e. The largest absolute Gasteiger partial charge is 0.353 e. The van der Waals surface area contributed by atoms with Gasteiger partial charge in [0.1, 0.15) is 5.82 Å². The summed E-state index contributed by atoms with van der Waals surface area (Å²) in [6.45, 7) is 0. The molecule has 2 N–H and O–H groups in total. The first-order chi connectivity index (χ1) is 12.0. The van der Waals surface area contributed by atoms with Gasteiger partial charge >= 0.3 is 0 Å². The Hall–Kier alpha value is -2.63. The number of halogens is 3. The van der Waals surface area contributed by atoms with E-state index in [2.05, 4.69) is 15.6 Å². The van der Waals surface area contributed by atoms with Crippen molar-refractivity contribution in [2.75, 3.05) is 10.6 Å². The highest BCUT2D eigenvalue weighted by atomic mass is 35.5. The second-order valence-electron chi connectivity index (χ2n) is 5.17. The lowest BCUT2D eigenvalue weighted by atomic mass is 10.2. The molecule has 0 aliphatic rings. The second kappa shape index (κ2) is 7.51. The molecule has 4 nitrogen and oxygen atoms in total. The van der Waals surface area contributed by atoms with Crippen molar-refractivity contribution in [1.82, 2.24) is 4.98 Å². The molecule has 0 unspecified atom stereocenters. The van der Waals surface area contributed by atoms with Crippen LogP contribution >= 0.6 is 23.2 Å². The number of rotatable bonds is 4. The predicted octanol–water partition coefficient (Wildman–Crippen LogP) is 5.52. The lowest BCUT2D eigenvalue weighted by molar-refractivity contribution is 0.102. The van der Waals surface area contributed by atoms with Gasteiger partial charge in [-0.05, 0) is 48.5 Å². The highest BCUT2D eigenvalue weighted by molar-refractivity contribution is 6.35. The first-order valence-electron chi connectivity index (χ1n) is 7.25. The third-order valence-corrected chi connectivity index (χ3v) is 3.87. The van der Waals surface area contributed by atoms with Crippen LogP contribution in [-0.4, -0.2) is 10.9 Å². The van der Waals surface area contributed by atoms with E-state index in [1.54, 1.807) is 30.5 Å². The standard InChI is InChI=1S/C18H12Cl2FN3O/c19-12-1-6-16(20)17(8-12)23-15-7-11(9-22-10-15)18(25)24-14-4-2-13(21)3-5-14/h1-10,23H,(H,24,25). The average Bonchev–Trinajstić information content (AvgIpc) is 2.60. The molecule has 0 aliphatic carbocycles. The molecule has 0 spiro atoms. The number of nitrogens with one attached hydrogen (secondary N) is 2. The van der Waals surface area contributed by atoms with Crippen LogP contribution in [-0.2, 0) is 0 Å². The van der Waals surface area contributed by atoms with Crippen LogP contribution in [0.2, 0.25) is 10.0 Å². The first-order valence-corrected chi connectivity index (χ1v) is 8.01. The minimum Gasteiger partial charge on any atom is -0.353 e. The van der Waals surface area contributed by atoms with Crippen LogP contribution in [0.1, 0.15) is 10.4 Å². The van der Waals surface area contributed by atoms with E-state index in [9.17, 15) is 9.18 Å². The van der Waals surface area contributed by atoms with Crippen LogP contribution in [0.5, 0.6) is 0 Å². The van der Waals surface area contributed by atoms with Crippen LogP contribution in [0.25, 0.3) is 0 Å². The van der Waals surface area contributed by atoms with E-state index < -0.39 is 0 Å². The zero-order chi connectivity index (χ0) is 17.8. The zero-order valence-corrected chi connectivity index (χ0v) is 14.3. The van der Waals surface area contributed by atoms with E-state index in [-0.39, 0.29) is 11.7 Å². The number of carbonyl (C=O) groups excluding carboxylic acids is 1. The Labute approximate surface area is 153 Å². The van der Waals surface area contributed by atoms with E-state index in [1.165, 1.54) is 30.5 Å². The maximum Gasteiger partial charge on any atom is 0.257 e. The third kappa shape index (κ3) is 4.47. The van der Waals surface area contributed by atoms with E-state index >= 15 is 0 Å². The number of nitrogens with zero attached hydrogens (tertiary/aromatic N) is 1. The van der Waals surface area contributed by atoms with Gasteiger partial charge in [-0.3, -0.25) is 9.78 Å². The third-order valence-electron chi connectivity index (χ3n) is 3.31. The summed E-state index contributed by atoms with van der Waals surface area (Å²) in [6, 6.07) is 12.2. The van der Waals surface area contributed by atoms with E-state index in [0.29, 0.717) is 32.7 Å². The van der Waals surface area contributed by atoms with Crippen molar-refractivity contribution in [3.63, 3.8) is 0 Å². The Bertz CT molecular complexity index is 916. The van der Waals surface area contributed by atoms with Gasteiger partial charge in [0.05, 0.1) is 28.2 Å². The number of benzene rings is 2. The fourth-order valence-electron chi connectivity index (χ4n) is 2.12. The number of hydrogen-bond donors (Lipinski definition) is 2. The summed E-state index contributed by atoms with van der Waals surface area (Å²) >= 11 is 12.1. The Balaban J connectivity index is 1.77. The summed E-state index contributed by atoms with van der Waals surface area (Å²) in [5, 5.41) is 6.77. The molecule has 1 heterocycles. The van der Waals surface area contributed by atoms with Gasteiger partial charge in [-0.2, -0.15) is 0 Å². The molecular formula is C18H12Cl2FN3O. The molecule has 2 aromatic carbocycles. The molecule has 25 heavy (non-hydrogen) atoms. The Morgan fingerprint density at radius 1 is 0.960 bits per heavy atom. The quantitative estimate of drug-likeness (QED) is 0.630. The number of pyridine rings is 1. The number of amides is 1. The molecule has 0 fully saturated rings. The van der Waals surface area contributed by atoms with Crippen molar-refractivity contribution in [2.24, 2.45) is 0 Å². The zero-order valence-electron chi connectivity index (χ0n) is 12.8. The van der Waals surface area contributed by atoms with Crippen molar-refractivity contribution in [3.05, 3.63) is 82.4 Å². The molecule has 0 saturated heterocycles. The van der Waals surface area contributed by atoms with Gasteiger partial charge in [0.2, 0.25) is 0 Å². The molecule has 0 bridgehead atoms. The van der Waals surface area contributed by atoms with Gasteiger partial charge in [-0.25, -0.2) is 4.39 Å². The van der Waals surface area contributed by atoms with Gasteiger partial charge in [-0.1, -0.05) is 23.2 Å². The molecule has 7 heteroatoms. The van der Waals surface area contributed by atoms with Crippen molar-refractivity contribution >= 4 is 46.2 Å². The lowest BCUT2D eigenvalue weighted by Gasteiger charge is -2.10. The molecule has 1 amide bonds. The van der Waals surface area contributed by atoms with Crippen molar-refractivity contribution in [2.45, 2.75) is 0 Å². The molecule has 126 valence electrons. The van der Waals surface area contributed by atoms with Crippen LogP contribution in [0.4, 0.5) is 21.5 Å². The Morgan fingerprint density at radius 3 is 2.48 bits per heavy atom. The lowest BCUT2D eigenvalue weighted by Crippen LogP contribution is -2.12. The first kappa shape index (κ1) is 17.2. The van der Waals surface area contributed by atoms with Crippen LogP contribution < -0.4 is 10.6 Å². The summed E-state index contributed by atoms with van der Waals surface area (Å²) in [7, 11) is 0. The number of aromatic nitrogens is 1. The fourth-order valence-corrected chi connectivity index (χ4v) is 2.45. The summed E-state index contributed by atoms with van der Waals surface area (Å²) in [6.07, 6.45) is 3.00. The van der Waals surface area contributed by atoms with Gasteiger partial charge in [0.25, 0.3) is 5.91 Å². The summed E-state index contributed by atoms with van der Waals surface area (Å²) in [4.78, 5) is 16.4. The Kier molecular flexibility index (Phi) is 5.16. The fraction of sp³-hybridized carbons (Fsp3) is 0. The highest BCUT2D eigenvalue weighted by Crippen LogP contribution is 2.28. The maximum atomic E-state index is 12.9. The number of hydrogen-bond acceptors (Lipinski definition) is 3. The summed E-state index contributed by atoms with van der Waals surface area (Å²) in [5.74, 6) is -0.732. The molecule has 0 aliphatic heterocycles. The second-order valence-corrected chi connectivity index (χ2v) is 6.02.